The number of likely N-dealkylation sites (tertiary alicyclic amines) is 1. The Labute approximate surface area is 139 Å². The fraction of sp³-hybridized carbons (Fsp3) is 0.632. The normalized spacial score (nSPS) is 19.6. The topological polar surface area (TPSA) is 32.8 Å². The van der Waals surface area contributed by atoms with Gasteiger partial charge in [-0.05, 0) is 44.4 Å². The maximum atomic E-state index is 12.0. The van der Waals surface area contributed by atoms with Gasteiger partial charge in [0.25, 0.3) is 0 Å². The molecule has 2 heterocycles. The van der Waals surface area contributed by atoms with E-state index in [-0.39, 0.29) is 11.5 Å². The number of rotatable bonds is 2. The maximum Gasteiger partial charge on any atom is 0.410 e. The highest BCUT2D eigenvalue weighted by Crippen LogP contribution is 2.42. The van der Waals surface area contributed by atoms with Crippen LogP contribution in [0.15, 0.2) is 24.3 Å². The van der Waals surface area contributed by atoms with Gasteiger partial charge >= 0.3 is 6.09 Å². The van der Waals surface area contributed by atoms with E-state index < -0.39 is 5.60 Å². The minimum absolute atomic E-state index is 0.177. The van der Waals surface area contributed by atoms with Crippen LogP contribution in [-0.2, 0) is 4.74 Å². The van der Waals surface area contributed by atoms with Crippen molar-refractivity contribution in [2.75, 3.05) is 31.1 Å². The molecular weight excluding hydrogens is 288 g/mol. The molecular formula is C19H28N2O2. The van der Waals surface area contributed by atoms with Crippen molar-refractivity contribution in [1.29, 1.82) is 0 Å². The molecule has 23 heavy (non-hydrogen) atoms. The Balaban J connectivity index is 1.53. The van der Waals surface area contributed by atoms with Crippen molar-refractivity contribution < 1.29 is 9.53 Å². The molecule has 1 aromatic carbocycles. The molecule has 126 valence electrons. The molecule has 2 saturated heterocycles. The first-order valence-corrected chi connectivity index (χ1v) is 8.50. The van der Waals surface area contributed by atoms with Crippen LogP contribution in [0.3, 0.4) is 0 Å². The first-order valence-electron chi connectivity index (χ1n) is 8.50. The van der Waals surface area contributed by atoms with Gasteiger partial charge in [0.05, 0.1) is 0 Å². The fourth-order valence-corrected chi connectivity index (χ4v) is 3.45. The van der Waals surface area contributed by atoms with Gasteiger partial charge in [0.15, 0.2) is 0 Å². The van der Waals surface area contributed by atoms with E-state index in [1.54, 1.807) is 0 Å². The summed E-state index contributed by atoms with van der Waals surface area (Å²) in [5.74, 6) is 0.552. The average molecular weight is 316 g/mol. The van der Waals surface area contributed by atoms with Crippen LogP contribution in [0.1, 0.15) is 46.1 Å². The molecule has 1 amide bonds. The molecule has 0 radical (unpaired) electrons. The number of anilines is 1. The summed E-state index contributed by atoms with van der Waals surface area (Å²) < 4.78 is 5.43. The standard InChI is InChI=1S/C19H28N2O2/c1-14(2)15-7-6-8-16(9-15)20-10-19(11-20)12-21(13-19)17(22)23-18(3,4)5/h6-9,14H,10-13H2,1-5H3. The first kappa shape index (κ1) is 16.2. The Morgan fingerprint density at radius 2 is 1.83 bits per heavy atom. The van der Waals surface area contributed by atoms with Crippen molar-refractivity contribution in [2.45, 2.75) is 46.1 Å². The zero-order valence-corrected chi connectivity index (χ0v) is 14.9. The highest BCUT2D eigenvalue weighted by atomic mass is 16.6. The monoisotopic (exact) mass is 316 g/mol. The lowest BCUT2D eigenvalue weighted by Gasteiger charge is -2.60. The Morgan fingerprint density at radius 3 is 2.39 bits per heavy atom. The van der Waals surface area contributed by atoms with Crippen LogP contribution in [0.4, 0.5) is 10.5 Å². The van der Waals surface area contributed by atoms with Crippen LogP contribution in [0.25, 0.3) is 0 Å². The predicted octanol–water partition coefficient (Wildman–Crippen LogP) is 3.87. The number of carbonyl (C=O) groups excluding carboxylic acids is 1. The van der Waals surface area contributed by atoms with E-state index in [2.05, 4.69) is 43.0 Å². The highest BCUT2D eigenvalue weighted by Gasteiger charge is 2.54. The van der Waals surface area contributed by atoms with Crippen molar-refractivity contribution in [3.8, 4) is 0 Å². The van der Waals surface area contributed by atoms with E-state index in [4.69, 9.17) is 4.74 Å². The van der Waals surface area contributed by atoms with Crippen molar-refractivity contribution in [1.82, 2.24) is 4.90 Å². The minimum atomic E-state index is -0.414. The molecule has 0 bridgehead atoms. The molecule has 2 fully saturated rings. The van der Waals surface area contributed by atoms with E-state index in [1.165, 1.54) is 11.3 Å². The lowest BCUT2D eigenvalue weighted by molar-refractivity contribution is -0.0453. The number of ether oxygens (including phenoxy) is 1. The summed E-state index contributed by atoms with van der Waals surface area (Å²) in [7, 11) is 0. The van der Waals surface area contributed by atoms with Gasteiger partial charge in [0.2, 0.25) is 0 Å². The van der Waals surface area contributed by atoms with Crippen LogP contribution in [0.2, 0.25) is 0 Å². The Bertz CT molecular complexity index is 590. The van der Waals surface area contributed by atoms with E-state index in [9.17, 15) is 4.79 Å². The summed E-state index contributed by atoms with van der Waals surface area (Å²) in [5, 5.41) is 0. The zero-order valence-electron chi connectivity index (χ0n) is 14.9. The van der Waals surface area contributed by atoms with E-state index in [0.29, 0.717) is 5.92 Å². The van der Waals surface area contributed by atoms with E-state index in [1.807, 2.05) is 25.7 Å². The van der Waals surface area contributed by atoms with Gasteiger partial charge in [0, 0.05) is 37.3 Å². The van der Waals surface area contributed by atoms with Crippen LogP contribution >= 0.6 is 0 Å². The summed E-state index contributed by atoms with van der Waals surface area (Å²) >= 11 is 0. The number of nitrogens with zero attached hydrogens (tertiary/aromatic N) is 2. The molecule has 0 N–H and O–H groups in total. The SMILES string of the molecule is CC(C)c1cccc(N2CC3(CN(C(=O)OC(C)(C)C)C3)C2)c1. The molecule has 0 unspecified atom stereocenters. The summed E-state index contributed by atoms with van der Waals surface area (Å²) in [5.41, 5.74) is 2.55. The second-order valence-corrected chi connectivity index (χ2v) is 8.44. The summed E-state index contributed by atoms with van der Waals surface area (Å²) in [6, 6.07) is 8.81. The second kappa shape index (κ2) is 5.43. The Kier molecular flexibility index (Phi) is 3.81. The van der Waals surface area contributed by atoms with Crippen molar-refractivity contribution in [3.05, 3.63) is 29.8 Å². The average Bonchev–Trinajstić information content (AvgIpc) is 2.33. The number of amides is 1. The first-order chi connectivity index (χ1) is 10.7. The van der Waals surface area contributed by atoms with Crippen LogP contribution in [0.5, 0.6) is 0 Å². The Morgan fingerprint density at radius 1 is 1.17 bits per heavy atom. The molecule has 0 aromatic heterocycles. The summed E-state index contributed by atoms with van der Waals surface area (Å²) in [6.45, 7) is 13.9. The van der Waals surface area contributed by atoms with Crippen molar-refractivity contribution in [2.24, 2.45) is 5.41 Å². The molecule has 1 aromatic rings. The Hall–Kier alpha value is -1.71. The highest BCUT2D eigenvalue weighted by molar-refractivity contribution is 5.70. The summed E-state index contributed by atoms with van der Waals surface area (Å²) in [4.78, 5) is 16.3. The zero-order chi connectivity index (χ0) is 16.8. The quantitative estimate of drug-likeness (QED) is 0.830. The molecule has 1 spiro atoms. The van der Waals surface area contributed by atoms with Gasteiger partial charge in [0.1, 0.15) is 5.60 Å². The van der Waals surface area contributed by atoms with Gasteiger partial charge in [-0.1, -0.05) is 26.0 Å². The van der Waals surface area contributed by atoms with Gasteiger partial charge in [-0.2, -0.15) is 0 Å². The van der Waals surface area contributed by atoms with Gasteiger partial charge in [-0.25, -0.2) is 4.79 Å². The number of benzene rings is 1. The second-order valence-electron chi connectivity index (χ2n) is 8.44. The lowest BCUT2D eigenvalue weighted by Crippen LogP contribution is -2.73. The molecule has 0 atom stereocenters. The van der Waals surface area contributed by atoms with Gasteiger partial charge in [-0.15, -0.1) is 0 Å². The van der Waals surface area contributed by atoms with Crippen LogP contribution in [-0.4, -0.2) is 42.8 Å². The van der Waals surface area contributed by atoms with Crippen LogP contribution in [0, 0.1) is 5.41 Å². The molecule has 2 aliphatic heterocycles. The number of carbonyl (C=O) groups is 1. The third kappa shape index (κ3) is 3.31. The maximum absolute atomic E-state index is 12.0. The van der Waals surface area contributed by atoms with E-state index >= 15 is 0 Å². The third-order valence-electron chi connectivity index (χ3n) is 4.66. The number of hydrogen-bond donors (Lipinski definition) is 0. The smallest absolute Gasteiger partial charge is 0.410 e. The molecule has 0 saturated carbocycles. The van der Waals surface area contributed by atoms with Gasteiger partial charge < -0.3 is 14.5 Å². The molecule has 4 nitrogen and oxygen atoms in total. The summed E-state index contributed by atoms with van der Waals surface area (Å²) in [6.07, 6.45) is -0.177. The van der Waals surface area contributed by atoms with E-state index in [0.717, 1.165) is 26.2 Å². The lowest BCUT2D eigenvalue weighted by atomic mass is 9.72. The van der Waals surface area contributed by atoms with Crippen molar-refractivity contribution >= 4 is 11.8 Å². The molecule has 4 heteroatoms. The number of hydrogen-bond acceptors (Lipinski definition) is 3. The molecule has 3 rings (SSSR count). The molecule has 0 aliphatic carbocycles. The fourth-order valence-electron chi connectivity index (χ4n) is 3.45. The minimum Gasteiger partial charge on any atom is -0.444 e. The molecule has 2 aliphatic rings. The third-order valence-corrected chi connectivity index (χ3v) is 4.66. The largest absolute Gasteiger partial charge is 0.444 e. The van der Waals surface area contributed by atoms with Gasteiger partial charge in [-0.3, -0.25) is 0 Å². The predicted molar refractivity (Wildman–Crippen MR) is 93.0 cm³/mol. The van der Waals surface area contributed by atoms with Crippen LogP contribution < -0.4 is 4.90 Å². The van der Waals surface area contributed by atoms with Crippen molar-refractivity contribution in [3.63, 3.8) is 0 Å².